The molecule has 0 aliphatic carbocycles. The fourth-order valence-corrected chi connectivity index (χ4v) is 2.94. The molecule has 0 N–H and O–H groups in total. The average Bonchev–Trinajstić information content (AvgIpc) is 2.60. The van der Waals surface area contributed by atoms with Crippen LogP contribution in [-0.4, -0.2) is 11.6 Å². The average molecular weight is 336 g/mol. The van der Waals surface area contributed by atoms with Crippen LogP contribution in [-0.2, 0) is 5.41 Å². The lowest BCUT2D eigenvalue weighted by Crippen LogP contribution is -2.19. The summed E-state index contributed by atoms with van der Waals surface area (Å²) in [6.45, 7) is 12.0. The first-order chi connectivity index (χ1) is 11.6. The summed E-state index contributed by atoms with van der Waals surface area (Å²) in [4.78, 5) is 24.2. The minimum absolute atomic E-state index is 0.00454. The van der Waals surface area contributed by atoms with Gasteiger partial charge in [0.1, 0.15) is 0 Å². The SMILES string of the molecule is CC(C)C(=O)c1ccc(C(C)(C)c2ccc(C(=O)C(C)C)cc2)cc1. The molecule has 0 aliphatic heterocycles. The van der Waals surface area contributed by atoms with Crippen molar-refractivity contribution >= 4 is 11.6 Å². The Morgan fingerprint density at radius 2 is 0.920 bits per heavy atom. The van der Waals surface area contributed by atoms with Crippen molar-refractivity contribution in [2.45, 2.75) is 47.0 Å². The summed E-state index contributed by atoms with van der Waals surface area (Å²) in [5.74, 6) is 0.344. The van der Waals surface area contributed by atoms with E-state index in [9.17, 15) is 9.59 Å². The second-order valence-electron chi connectivity index (χ2n) is 7.82. The number of carbonyl (C=O) groups is 2. The number of ketones is 2. The maximum atomic E-state index is 12.1. The summed E-state index contributed by atoms with van der Waals surface area (Å²) in [5, 5.41) is 0. The smallest absolute Gasteiger partial charge is 0.165 e. The normalized spacial score (nSPS) is 11.8. The molecular formula is C23H28O2. The summed E-state index contributed by atoms with van der Waals surface area (Å²) in [6, 6.07) is 15.8. The number of Topliss-reactive ketones (excluding diaryl/α,β-unsaturated/α-hetero) is 2. The van der Waals surface area contributed by atoms with Gasteiger partial charge in [-0.05, 0) is 11.1 Å². The first kappa shape index (κ1) is 19.1. The van der Waals surface area contributed by atoms with Crippen molar-refractivity contribution in [3.63, 3.8) is 0 Å². The van der Waals surface area contributed by atoms with Crippen molar-refractivity contribution in [2.24, 2.45) is 11.8 Å². The monoisotopic (exact) mass is 336 g/mol. The summed E-state index contributed by atoms with van der Waals surface area (Å²) in [6.07, 6.45) is 0. The molecule has 0 heterocycles. The van der Waals surface area contributed by atoms with E-state index in [-0.39, 0.29) is 28.8 Å². The van der Waals surface area contributed by atoms with Crippen molar-refractivity contribution in [1.29, 1.82) is 0 Å². The molecule has 0 bridgehead atoms. The van der Waals surface area contributed by atoms with Crippen molar-refractivity contribution < 1.29 is 9.59 Å². The van der Waals surface area contributed by atoms with Crippen LogP contribution in [0.3, 0.4) is 0 Å². The van der Waals surface area contributed by atoms with Gasteiger partial charge in [0.25, 0.3) is 0 Å². The van der Waals surface area contributed by atoms with Gasteiger partial charge in [-0.25, -0.2) is 0 Å². The zero-order valence-corrected chi connectivity index (χ0v) is 16.1. The molecule has 0 radical (unpaired) electrons. The Morgan fingerprint density at radius 3 is 1.16 bits per heavy atom. The molecule has 0 atom stereocenters. The molecule has 2 aromatic carbocycles. The van der Waals surface area contributed by atoms with E-state index < -0.39 is 0 Å². The van der Waals surface area contributed by atoms with Crippen LogP contribution in [0.1, 0.15) is 73.4 Å². The fourth-order valence-electron chi connectivity index (χ4n) is 2.94. The maximum Gasteiger partial charge on any atom is 0.165 e. The van der Waals surface area contributed by atoms with Gasteiger partial charge in [0, 0.05) is 28.4 Å². The molecular weight excluding hydrogens is 308 g/mol. The molecule has 0 aromatic heterocycles. The highest BCUT2D eigenvalue weighted by Crippen LogP contribution is 2.32. The Labute approximate surface area is 151 Å². The van der Waals surface area contributed by atoms with Crippen molar-refractivity contribution in [3.05, 3.63) is 70.8 Å². The molecule has 2 aromatic rings. The predicted molar refractivity (Wildman–Crippen MR) is 103 cm³/mol. The molecule has 0 saturated heterocycles. The van der Waals surface area contributed by atoms with Gasteiger partial charge >= 0.3 is 0 Å². The lowest BCUT2D eigenvalue weighted by atomic mass is 9.77. The first-order valence-electron chi connectivity index (χ1n) is 8.94. The highest BCUT2D eigenvalue weighted by atomic mass is 16.1. The van der Waals surface area contributed by atoms with Gasteiger partial charge in [-0.1, -0.05) is 90.1 Å². The largest absolute Gasteiger partial charge is 0.294 e. The second-order valence-corrected chi connectivity index (χ2v) is 7.82. The van der Waals surface area contributed by atoms with Crippen molar-refractivity contribution in [3.8, 4) is 0 Å². The van der Waals surface area contributed by atoms with Gasteiger partial charge in [0.15, 0.2) is 11.6 Å². The van der Waals surface area contributed by atoms with E-state index in [0.29, 0.717) is 0 Å². The highest BCUT2D eigenvalue weighted by molar-refractivity contribution is 5.98. The number of benzene rings is 2. The fraction of sp³-hybridized carbons (Fsp3) is 0.391. The zero-order valence-electron chi connectivity index (χ0n) is 16.1. The van der Waals surface area contributed by atoms with Crippen LogP contribution in [0, 0.1) is 11.8 Å². The molecule has 0 fully saturated rings. The van der Waals surface area contributed by atoms with Gasteiger partial charge in [0.05, 0.1) is 0 Å². The molecule has 0 aliphatic rings. The Hall–Kier alpha value is -2.22. The van der Waals surface area contributed by atoms with E-state index in [2.05, 4.69) is 13.8 Å². The molecule has 2 heteroatoms. The predicted octanol–water partition coefficient (Wildman–Crippen LogP) is 5.69. The topological polar surface area (TPSA) is 34.1 Å². The Kier molecular flexibility index (Phi) is 5.62. The van der Waals surface area contributed by atoms with Crippen LogP contribution in [0.5, 0.6) is 0 Å². The molecule has 2 rings (SSSR count). The van der Waals surface area contributed by atoms with E-state index in [4.69, 9.17) is 0 Å². The molecule has 0 amide bonds. The summed E-state index contributed by atoms with van der Waals surface area (Å²) in [7, 11) is 0. The van der Waals surface area contributed by atoms with Gasteiger partial charge in [-0.2, -0.15) is 0 Å². The maximum absolute atomic E-state index is 12.1. The Balaban J connectivity index is 2.29. The van der Waals surface area contributed by atoms with Crippen molar-refractivity contribution in [2.75, 3.05) is 0 Å². The number of rotatable bonds is 6. The highest BCUT2D eigenvalue weighted by Gasteiger charge is 2.24. The molecule has 132 valence electrons. The van der Waals surface area contributed by atoms with Crippen LogP contribution in [0.2, 0.25) is 0 Å². The number of hydrogen-bond donors (Lipinski definition) is 0. The van der Waals surface area contributed by atoms with Gasteiger partial charge in [0.2, 0.25) is 0 Å². The molecule has 2 nitrogen and oxygen atoms in total. The van der Waals surface area contributed by atoms with Crippen LogP contribution >= 0.6 is 0 Å². The number of carbonyl (C=O) groups excluding carboxylic acids is 2. The quantitative estimate of drug-likeness (QED) is 0.635. The van der Waals surface area contributed by atoms with Crippen molar-refractivity contribution in [1.82, 2.24) is 0 Å². The molecule has 25 heavy (non-hydrogen) atoms. The standard InChI is InChI=1S/C23H28O2/c1-15(2)21(24)17-7-11-19(12-8-17)23(5,6)20-13-9-18(10-14-20)22(25)16(3)4/h7-16H,1-6H3. The Bertz CT molecular complexity index is 682. The van der Waals surface area contributed by atoms with Crippen LogP contribution in [0.15, 0.2) is 48.5 Å². The summed E-state index contributed by atoms with van der Waals surface area (Å²) < 4.78 is 0. The molecule has 0 unspecified atom stereocenters. The lowest BCUT2D eigenvalue weighted by Gasteiger charge is -2.26. The van der Waals surface area contributed by atoms with E-state index in [1.54, 1.807) is 0 Å². The van der Waals surface area contributed by atoms with Gasteiger partial charge in [-0.3, -0.25) is 9.59 Å². The van der Waals surface area contributed by atoms with E-state index >= 15 is 0 Å². The first-order valence-corrected chi connectivity index (χ1v) is 8.94. The van der Waals surface area contributed by atoms with Crippen LogP contribution < -0.4 is 0 Å². The molecule has 0 spiro atoms. The lowest BCUT2D eigenvalue weighted by molar-refractivity contribution is 0.0932. The third-order valence-electron chi connectivity index (χ3n) is 4.83. The Morgan fingerprint density at radius 1 is 0.640 bits per heavy atom. The minimum atomic E-state index is -0.196. The molecule has 0 saturated carbocycles. The van der Waals surface area contributed by atoms with Gasteiger partial charge in [-0.15, -0.1) is 0 Å². The third kappa shape index (κ3) is 4.07. The van der Waals surface area contributed by atoms with E-state index in [1.807, 2.05) is 76.2 Å². The van der Waals surface area contributed by atoms with Crippen LogP contribution in [0.4, 0.5) is 0 Å². The summed E-state index contributed by atoms with van der Waals surface area (Å²) >= 11 is 0. The summed E-state index contributed by atoms with van der Waals surface area (Å²) in [5.41, 5.74) is 3.62. The second kappa shape index (κ2) is 7.35. The van der Waals surface area contributed by atoms with E-state index in [1.165, 1.54) is 0 Å². The van der Waals surface area contributed by atoms with Gasteiger partial charge < -0.3 is 0 Å². The zero-order chi connectivity index (χ0) is 18.8. The number of hydrogen-bond acceptors (Lipinski definition) is 2. The third-order valence-corrected chi connectivity index (χ3v) is 4.83. The minimum Gasteiger partial charge on any atom is -0.294 e. The van der Waals surface area contributed by atoms with Crippen LogP contribution in [0.25, 0.3) is 0 Å². The van der Waals surface area contributed by atoms with E-state index in [0.717, 1.165) is 22.3 Å².